The van der Waals surface area contributed by atoms with Crippen LogP contribution in [0.5, 0.6) is 0 Å². The Bertz CT molecular complexity index is 765. The van der Waals surface area contributed by atoms with Crippen molar-refractivity contribution in [2.24, 2.45) is 0 Å². The number of hydrogen-bond donors (Lipinski definition) is 2. The molecule has 0 saturated heterocycles. The summed E-state index contributed by atoms with van der Waals surface area (Å²) in [5, 5.41) is 5.04. The minimum atomic E-state index is -0.777. The predicted molar refractivity (Wildman–Crippen MR) is 103 cm³/mol. The molecular weight excluding hydrogens is 360 g/mol. The molecule has 0 bridgehead atoms. The SMILES string of the molecule is C[C@@H](NC(=O)CCNC(=O)OCc1ccccc1)C(=O)OCc1ccccc1. The molecule has 0 heterocycles. The Morgan fingerprint density at radius 3 is 1.96 bits per heavy atom. The molecule has 2 N–H and O–H groups in total. The first-order valence-electron chi connectivity index (χ1n) is 8.99. The molecule has 0 unspecified atom stereocenters. The normalized spacial score (nSPS) is 11.2. The average Bonchev–Trinajstić information content (AvgIpc) is 2.72. The van der Waals surface area contributed by atoms with Crippen LogP contribution >= 0.6 is 0 Å². The van der Waals surface area contributed by atoms with Crippen LogP contribution in [0, 0.1) is 0 Å². The number of rotatable bonds is 9. The van der Waals surface area contributed by atoms with Gasteiger partial charge >= 0.3 is 12.1 Å². The topological polar surface area (TPSA) is 93.7 Å². The Labute approximate surface area is 164 Å². The summed E-state index contributed by atoms with van der Waals surface area (Å²) in [6.45, 7) is 1.95. The van der Waals surface area contributed by atoms with Crippen molar-refractivity contribution in [1.29, 1.82) is 0 Å². The standard InChI is InChI=1S/C21H24N2O5/c1-16(20(25)27-14-17-8-4-2-5-9-17)23-19(24)12-13-22-21(26)28-15-18-10-6-3-7-11-18/h2-11,16H,12-15H2,1H3,(H,22,26)(H,23,24)/t16-/m1/s1. The number of esters is 1. The third-order valence-corrected chi connectivity index (χ3v) is 3.79. The van der Waals surface area contributed by atoms with Crippen LogP contribution in [0.3, 0.4) is 0 Å². The molecule has 2 aromatic rings. The Morgan fingerprint density at radius 1 is 0.857 bits per heavy atom. The molecule has 2 amide bonds. The van der Waals surface area contributed by atoms with Gasteiger partial charge < -0.3 is 20.1 Å². The van der Waals surface area contributed by atoms with Gasteiger partial charge in [0.2, 0.25) is 5.91 Å². The summed E-state index contributed by atoms with van der Waals surface area (Å²) in [7, 11) is 0. The van der Waals surface area contributed by atoms with Crippen LogP contribution in [-0.4, -0.2) is 30.6 Å². The van der Waals surface area contributed by atoms with E-state index in [1.165, 1.54) is 0 Å². The van der Waals surface area contributed by atoms with Crippen molar-refractivity contribution < 1.29 is 23.9 Å². The number of amides is 2. The van der Waals surface area contributed by atoms with Crippen LogP contribution in [0.1, 0.15) is 24.5 Å². The van der Waals surface area contributed by atoms with Crippen LogP contribution < -0.4 is 10.6 Å². The van der Waals surface area contributed by atoms with Crippen molar-refractivity contribution in [3.8, 4) is 0 Å². The monoisotopic (exact) mass is 384 g/mol. The van der Waals surface area contributed by atoms with Crippen LogP contribution in [0.25, 0.3) is 0 Å². The lowest BCUT2D eigenvalue weighted by atomic mass is 10.2. The van der Waals surface area contributed by atoms with E-state index in [2.05, 4.69) is 10.6 Å². The molecule has 0 radical (unpaired) electrons. The van der Waals surface area contributed by atoms with Gasteiger partial charge in [-0.3, -0.25) is 4.79 Å². The Morgan fingerprint density at radius 2 is 1.39 bits per heavy atom. The van der Waals surface area contributed by atoms with Crippen molar-refractivity contribution >= 4 is 18.0 Å². The van der Waals surface area contributed by atoms with Crippen LogP contribution in [-0.2, 0) is 32.3 Å². The molecule has 0 aliphatic carbocycles. The Balaban J connectivity index is 1.59. The van der Waals surface area contributed by atoms with E-state index in [1.54, 1.807) is 6.92 Å². The van der Waals surface area contributed by atoms with Crippen LogP contribution in [0.15, 0.2) is 60.7 Å². The minimum absolute atomic E-state index is 0.0245. The first-order chi connectivity index (χ1) is 13.5. The van der Waals surface area contributed by atoms with E-state index in [-0.39, 0.29) is 32.1 Å². The zero-order chi connectivity index (χ0) is 20.2. The van der Waals surface area contributed by atoms with E-state index in [0.29, 0.717) is 0 Å². The number of nitrogens with one attached hydrogen (secondary N) is 2. The lowest BCUT2D eigenvalue weighted by molar-refractivity contribution is -0.148. The molecular formula is C21H24N2O5. The number of hydrogen-bond acceptors (Lipinski definition) is 5. The van der Waals surface area contributed by atoms with Crippen molar-refractivity contribution in [2.45, 2.75) is 32.6 Å². The second kappa shape index (κ2) is 11.4. The smallest absolute Gasteiger partial charge is 0.407 e. The molecule has 0 saturated carbocycles. The van der Waals surface area contributed by atoms with Gasteiger partial charge in [-0.1, -0.05) is 60.7 Å². The average molecular weight is 384 g/mol. The van der Waals surface area contributed by atoms with E-state index < -0.39 is 18.1 Å². The second-order valence-electron chi connectivity index (χ2n) is 6.12. The maximum Gasteiger partial charge on any atom is 0.407 e. The van der Waals surface area contributed by atoms with Crippen LogP contribution in [0.2, 0.25) is 0 Å². The van der Waals surface area contributed by atoms with Gasteiger partial charge in [0.25, 0.3) is 0 Å². The number of carbonyl (C=O) groups excluding carboxylic acids is 3. The number of benzene rings is 2. The second-order valence-corrected chi connectivity index (χ2v) is 6.12. The molecule has 7 nitrogen and oxygen atoms in total. The molecule has 148 valence electrons. The highest BCUT2D eigenvalue weighted by atomic mass is 16.5. The summed E-state index contributed by atoms with van der Waals surface area (Å²) in [5.41, 5.74) is 1.74. The van der Waals surface area contributed by atoms with Crippen LogP contribution in [0.4, 0.5) is 4.79 Å². The van der Waals surface area contributed by atoms with Gasteiger partial charge in [0.05, 0.1) is 0 Å². The van der Waals surface area contributed by atoms with Crippen molar-refractivity contribution in [1.82, 2.24) is 10.6 Å². The fraction of sp³-hybridized carbons (Fsp3) is 0.286. The molecule has 2 rings (SSSR count). The predicted octanol–water partition coefficient (Wildman–Crippen LogP) is 2.55. The number of alkyl carbamates (subject to hydrolysis) is 1. The van der Waals surface area contributed by atoms with Gasteiger partial charge in [-0.25, -0.2) is 9.59 Å². The summed E-state index contributed by atoms with van der Waals surface area (Å²) in [6.07, 6.45) is -0.580. The van der Waals surface area contributed by atoms with E-state index in [1.807, 2.05) is 60.7 Å². The first-order valence-corrected chi connectivity index (χ1v) is 8.99. The maximum atomic E-state index is 11.9. The molecule has 0 fully saturated rings. The van der Waals surface area contributed by atoms with Gasteiger partial charge in [0.1, 0.15) is 19.3 Å². The highest BCUT2D eigenvalue weighted by Gasteiger charge is 2.17. The third kappa shape index (κ3) is 7.90. The van der Waals surface area contributed by atoms with Gasteiger partial charge in [-0.2, -0.15) is 0 Å². The highest BCUT2D eigenvalue weighted by molar-refractivity contribution is 5.84. The third-order valence-electron chi connectivity index (χ3n) is 3.79. The van der Waals surface area contributed by atoms with Gasteiger partial charge in [-0.05, 0) is 18.1 Å². The van der Waals surface area contributed by atoms with E-state index in [9.17, 15) is 14.4 Å². The van der Waals surface area contributed by atoms with E-state index in [4.69, 9.17) is 9.47 Å². The van der Waals surface area contributed by atoms with Crippen molar-refractivity contribution in [2.75, 3.05) is 6.54 Å². The van der Waals surface area contributed by atoms with Crippen molar-refractivity contribution in [3.63, 3.8) is 0 Å². The Kier molecular flexibility index (Phi) is 8.52. The zero-order valence-electron chi connectivity index (χ0n) is 15.7. The summed E-state index contributed by atoms with van der Waals surface area (Å²) in [6, 6.07) is 17.8. The van der Waals surface area contributed by atoms with E-state index >= 15 is 0 Å². The minimum Gasteiger partial charge on any atom is -0.459 e. The molecule has 1 atom stereocenters. The highest BCUT2D eigenvalue weighted by Crippen LogP contribution is 2.02. The number of carbonyl (C=O) groups is 3. The molecule has 0 aromatic heterocycles. The Hall–Kier alpha value is -3.35. The lowest BCUT2D eigenvalue weighted by Gasteiger charge is -2.13. The quantitative estimate of drug-likeness (QED) is 0.648. The fourth-order valence-electron chi connectivity index (χ4n) is 2.28. The van der Waals surface area contributed by atoms with Gasteiger partial charge in [0.15, 0.2) is 0 Å². The van der Waals surface area contributed by atoms with Gasteiger partial charge in [-0.15, -0.1) is 0 Å². The van der Waals surface area contributed by atoms with Gasteiger partial charge in [0, 0.05) is 13.0 Å². The summed E-state index contributed by atoms with van der Waals surface area (Å²) in [4.78, 5) is 35.4. The fourth-order valence-corrected chi connectivity index (χ4v) is 2.28. The molecule has 28 heavy (non-hydrogen) atoms. The molecule has 7 heteroatoms. The first kappa shape index (κ1) is 21.0. The zero-order valence-corrected chi connectivity index (χ0v) is 15.7. The lowest BCUT2D eigenvalue weighted by Crippen LogP contribution is -2.40. The number of ether oxygens (including phenoxy) is 2. The van der Waals surface area contributed by atoms with Crippen molar-refractivity contribution in [3.05, 3.63) is 71.8 Å². The summed E-state index contributed by atoms with van der Waals surface area (Å²) >= 11 is 0. The molecule has 2 aromatic carbocycles. The summed E-state index contributed by atoms with van der Waals surface area (Å²) < 4.78 is 10.2. The maximum absolute atomic E-state index is 11.9. The largest absolute Gasteiger partial charge is 0.459 e. The molecule has 0 aliphatic heterocycles. The van der Waals surface area contributed by atoms with E-state index in [0.717, 1.165) is 11.1 Å². The molecule has 0 spiro atoms. The molecule has 0 aliphatic rings. The summed E-state index contributed by atoms with van der Waals surface area (Å²) in [5.74, 6) is -0.889.